The molecule has 0 aliphatic carbocycles. The molecule has 0 aliphatic rings. The molecule has 1 aromatic carbocycles. The molecule has 2 N–H and O–H groups in total. The molecule has 1 unspecified atom stereocenters. The minimum atomic E-state index is -1.06. The van der Waals surface area contributed by atoms with E-state index in [2.05, 4.69) is 5.32 Å². The number of carboxylic acids is 1. The van der Waals surface area contributed by atoms with Crippen LogP contribution in [0.3, 0.4) is 0 Å². The number of hydrogen-bond donors (Lipinski definition) is 2. The Hall–Kier alpha value is -2.01. The van der Waals surface area contributed by atoms with Crippen LogP contribution < -0.4 is 5.32 Å². The Kier molecular flexibility index (Phi) is 4.23. The highest BCUT2D eigenvalue weighted by Crippen LogP contribution is 2.29. The summed E-state index contributed by atoms with van der Waals surface area (Å²) in [6.07, 6.45) is 0. The quantitative estimate of drug-likeness (QED) is 0.912. The maximum atomic E-state index is 12.4. The predicted molar refractivity (Wildman–Crippen MR) is 81.7 cm³/mol. The van der Waals surface area contributed by atoms with Crippen molar-refractivity contribution in [3.8, 4) is 0 Å². The van der Waals surface area contributed by atoms with Crippen LogP contribution in [0.2, 0.25) is 5.02 Å². The Bertz CT molecular complexity index is 667. The fraction of sp³-hybridized carbons (Fsp3) is 0.333. The number of fused-ring (bicyclic) bond motifs is 1. The predicted octanol–water partition coefficient (Wildman–Crippen LogP) is 2.67. The number of aromatic nitrogens is 1. The molecule has 1 amide bonds. The van der Waals surface area contributed by atoms with Gasteiger partial charge in [-0.3, -0.25) is 4.79 Å². The van der Waals surface area contributed by atoms with Crippen molar-refractivity contribution in [1.29, 1.82) is 0 Å². The van der Waals surface area contributed by atoms with Crippen LogP contribution in [0.5, 0.6) is 0 Å². The third-order valence-electron chi connectivity index (χ3n) is 3.48. The maximum Gasteiger partial charge on any atom is 0.326 e. The van der Waals surface area contributed by atoms with E-state index in [0.29, 0.717) is 5.02 Å². The van der Waals surface area contributed by atoms with Gasteiger partial charge in [0.15, 0.2) is 0 Å². The van der Waals surface area contributed by atoms with Gasteiger partial charge in [-0.25, -0.2) is 4.79 Å². The van der Waals surface area contributed by atoms with Gasteiger partial charge in [-0.1, -0.05) is 43.6 Å². The van der Waals surface area contributed by atoms with Crippen LogP contribution in [0.1, 0.15) is 24.3 Å². The van der Waals surface area contributed by atoms with E-state index in [4.69, 9.17) is 16.7 Å². The van der Waals surface area contributed by atoms with E-state index < -0.39 is 17.9 Å². The molecule has 0 spiro atoms. The second-order valence-electron chi connectivity index (χ2n) is 5.27. The first-order chi connectivity index (χ1) is 9.84. The Morgan fingerprint density at radius 2 is 1.90 bits per heavy atom. The van der Waals surface area contributed by atoms with Crippen molar-refractivity contribution in [2.45, 2.75) is 19.9 Å². The molecule has 0 saturated carbocycles. The summed E-state index contributed by atoms with van der Waals surface area (Å²) in [5.74, 6) is -1.77. The van der Waals surface area contributed by atoms with Gasteiger partial charge in [-0.15, -0.1) is 0 Å². The lowest BCUT2D eigenvalue weighted by molar-refractivity contribution is -0.140. The highest BCUT2D eigenvalue weighted by Gasteiger charge is 2.27. The van der Waals surface area contributed by atoms with Gasteiger partial charge in [0.05, 0.1) is 5.02 Å². The number of rotatable bonds is 4. The van der Waals surface area contributed by atoms with E-state index in [1.165, 1.54) is 0 Å². The average molecular weight is 309 g/mol. The summed E-state index contributed by atoms with van der Waals surface area (Å²) in [6, 6.07) is 6.42. The van der Waals surface area contributed by atoms with Gasteiger partial charge in [-0.2, -0.15) is 0 Å². The molecule has 2 aromatic rings. The van der Waals surface area contributed by atoms with Crippen LogP contribution in [0, 0.1) is 5.92 Å². The fourth-order valence-electron chi connectivity index (χ4n) is 2.32. The maximum absolute atomic E-state index is 12.4. The number of amides is 1. The minimum Gasteiger partial charge on any atom is -0.480 e. The molecule has 112 valence electrons. The minimum absolute atomic E-state index is 0.222. The number of hydrogen-bond acceptors (Lipinski definition) is 2. The summed E-state index contributed by atoms with van der Waals surface area (Å²) in [5.41, 5.74) is 1.09. The van der Waals surface area contributed by atoms with Gasteiger partial charge in [0.1, 0.15) is 11.7 Å². The molecule has 0 bridgehead atoms. The van der Waals surface area contributed by atoms with Crippen LogP contribution >= 0.6 is 11.6 Å². The summed E-state index contributed by atoms with van der Waals surface area (Å²) in [7, 11) is 1.73. The topological polar surface area (TPSA) is 71.3 Å². The summed E-state index contributed by atoms with van der Waals surface area (Å²) < 4.78 is 1.67. The summed E-state index contributed by atoms with van der Waals surface area (Å²) in [5, 5.41) is 12.8. The first-order valence-corrected chi connectivity index (χ1v) is 6.99. The number of carboxylic acid groups (broad SMARTS) is 1. The number of benzene rings is 1. The number of nitrogens with one attached hydrogen (secondary N) is 1. The second-order valence-corrected chi connectivity index (χ2v) is 5.65. The van der Waals surface area contributed by atoms with Crippen molar-refractivity contribution < 1.29 is 14.7 Å². The highest BCUT2D eigenvalue weighted by atomic mass is 35.5. The zero-order valence-electron chi connectivity index (χ0n) is 12.1. The van der Waals surface area contributed by atoms with Crippen LogP contribution in [0.15, 0.2) is 24.3 Å². The van der Waals surface area contributed by atoms with Crippen molar-refractivity contribution in [3.63, 3.8) is 0 Å². The number of nitrogens with zero attached hydrogens (tertiary/aromatic N) is 1. The molecule has 0 aliphatic heterocycles. The number of carbonyl (C=O) groups excluding carboxylic acids is 1. The Morgan fingerprint density at radius 3 is 2.43 bits per heavy atom. The van der Waals surface area contributed by atoms with Crippen molar-refractivity contribution in [2.24, 2.45) is 13.0 Å². The van der Waals surface area contributed by atoms with Crippen LogP contribution in [0.25, 0.3) is 10.9 Å². The molecule has 0 fully saturated rings. The van der Waals surface area contributed by atoms with E-state index in [1.807, 2.05) is 24.3 Å². The van der Waals surface area contributed by atoms with E-state index in [1.54, 1.807) is 25.5 Å². The summed E-state index contributed by atoms with van der Waals surface area (Å²) in [4.78, 5) is 23.6. The summed E-state index contributed by atoms with van der Waals surface area (Å²) >= 11 is 6.27. The lowest BCUT2D eigenvalue weighted by Gasteiger charge is -2.18. The smallest absolute Gasteiger partial charge is 0.326 e. The third-order valence-corrected chi connectivity index (χ3v) is 3.86. The van der Waals surface area contributed by atoms with Crippen molar-refractivity contribution in [1.82, 2.24) is 9.88 Å². The van der Waals surface area contributed by atoms with Crippen LogP contribution in [-0.2, 0) is 11.8 Å². The number of aliphatic carboxylic acids is 1. The summed E-state index contributed by atoms with van der Waals surface area (Å²) in [6.45, 7) is 3.48. The monoisotopic (exact) mass is 308 g/mol. The second kappa shape index (κ2) is 5.77. The normalized spacial score (nSPS) is 12.6. The van der Waals surface area contributed by atoms with Crippen molar-refractivity contribution in [2.75, 3.05) is 0 Å². The average Bonchev–Trinajstić information content (AvgIpc) is 2.68. The Labute approximate surface area is 127 Å². The molecule has 2 rings (SSSR count). The van der Waals surface area contributed by atoms with Crippen LogP contribution in [-0.4, -0.2) is 27.6 Å². The largest absolute Gasteiger partial charge is 0.480 e. The van der Waals surface area contributed by atoms with Gasteiger partial charge in [0.2, 0.25) is 0 Å². The van der Waals surface area contributed by atoms with Gasteiger partial charge in [0.25, 0.3) is 5.91 Å². The molecule has 21 heavy (non-hydrogen) atoms. The lowest BCUT2D eigenvalue weighted by Crippen LogP contribution is -2.44. The molecule has 0 saturated heterocycles. The molecule has 6 heteroatoms. The Balaban J connectivity index is 2.42. The molecular weight excluding hydrogens is 292 g/mol. The lowest BCUT2D eigenvalue weighted by atomic mass is 10.0. The first-order valence-electron chi connectivity index (χ1n) is 6.61. The van der Waals surface area contributed by atoms with Crippen molar-refractivity contribution >= 4 is 34.4 Å². The number of aryl methyl sites for hydroxylation is 1. The van der Waals surface area contributed by atoms with E-state index in [0.717, 1.165) is 10.9 Å². The first kappa shape index (κ1) is 15.4. The highest BCUT2D eigenvalue weighted by molar-refractivity contribution is 6.38. The molecule has 1 aromatic heterocycles. The molecule has 0 radical (unpaired) electrons. The zero-order valence-corrected chi connectivity index (χ0v) is 12.8. The number of para-hydroxylation sites is 1. The van der Waals surface area contributed by atoms with Crippen molar-refractivity contribution in [3.05, 3.63) is 35.0 Å². The zero-order chi connectivity index (χ0) is 15.7. The van der Waals surface area contributed by atoms with E-state index in [-0.39, 0.29) is 11.6 Å². The number of halogens is 1. The van der Waals surface area contributed by atoms with Gasteiger partial charge in [-0.05, 0) is 12.0 Å². The molecule has 1 heterocycles. The molecule has 1 atom stereocenters. The van der Waals surface area contributed by atoms with E-state index >= 15 is 0 Å². The Morgan fingerprint density at radius 1 is 1.29 bits per heavy atom. The van der Waals surface area contributed by atoms with Gasteiger partial charge < -0.3 is 15.0 Å². The van der Waals surface area contributed by atoms with E-state index in [9.17, 15) is 9.59 Å². The molecule has 5 nitrogen and oxygen atoms in total. The third kappa shape index (κ3) is 2.74. The fourth-order valence-corrected chi connectivity index (χ4v) is 2.69. The van der Waals surface area contributed by atoms with Gasteiger partial charge >= 0.3 is 5.97 Å². The van der Waals surface area contributed by atoms with Crippen LogP contribution in [0.4, 0.5) is 0 Å². The molecular formula is C15H17ClN2O3. The van der Waals surface area contributed by atoms with Gasteiger partial charge in [0, 0.05) is 18.0 Å². The number of carbonyl (C=O) groups is 2. The SMILES string of the molecule is CC(C)C(NC(=O)c1c(Cl)c2ccccc2n1C)C(=O)O. The standard InChI is InChI=1S/C15H17ClN2O3/c1-8(2)12(15(20)21)17-14(19)13-11(16)9-6-4-5-7-10(9)18(13)3/h4-8,12H,1-3H3,(H,17,19)(H,20,21).